The van der Waals surface area contributed by atoms with Crippen LogP contribution in [0.5, 0.6) is 5.75 Å². The Bertz CT molecular complexity index is 877. The van der Waals surface area contributed by atoms with Crippen LogP contribution in [0.4, 0.5) is 0 Å². The van der Waals surface area contributed by atoms with Crippen LogP contribution in [-0.4, -0.2) is 21.7 Å². The number of phenolic OH excluding ortho intramolecular Hbond substituents is 1. The van der Waals surface area contributed by atoms with E-state index in [2.05, 4.69) is 15.5 Å². The second kappa shape index (κ2) is 5.96. The number of carbonyl (C=O) groups is 1. The number of para-hydroxylation sites is 1. The van der Waals surface area contributed by atoms with Crippen LogP contribution in [0, 0.1) is 6.92 Å². The normalized spacial score (nSPS) is 11.7. The van der Waals surface area contributed by atoms with Gasteiger partial charge in [0, 0.05) is 10.9 Å². The van der Waals surface area contributed by atoms with Gasteiger partial charge in [0.25, 0.3) is 5.91 Å². The van der Waals surface area contributed by atoms with Gasteiger partial charge in [-0.15, -0.1) is 0 Å². The van der Waals surface area contributed by atoms with Gasteiger partial charge in [0.05, 0.1) is 17.0 Å². The third-order valence-corrected chi connectivity index (χ3v) is 3.64. The summed E-state index contributed by atoms with van der Waals surface area (Å²) in [7, 11) is 0. The SMILES string of the molecule is CC(=NNC(=O)c1cc(C)ccc1O)c1cc2ccccc2[nH]1. The molecule has 3 rings (SSSR count). The van der Waals surface area contributed by atoms with Crippen LogP contribution in [0.1, 0.15) is 28.5 Å². The summed E-state index contributed by atoms with van der Waals surface area (Å²) in [6, 6.07) is 14.8. The van der Waals surface area contributed by atoms with Crippen molar-refractivity contribution >= 4 is 22.5 Å². The monoisotopic (exact) mass is 307 g/mol. The lowest BCUT2D eigenvalue weighted by Gasteiger charge is -2.05. The first kappa shape index (κ1) is 14.8. The number of aromatic nitrogens is 1. The number of aromatic amines is 1. The summed E-state index contributed by atoms with van der Waals surface area (Å²) in [5, 5.41) is 15.0. The van der Waals surface area contributed by atoms with Crippen molar-refractivity contribution in [2.24, 2.45) is 5.10 Å². The number of amides is 1. The Morgan fingerprint density at radius 3 is 2.74 bits per heavy atom. The number of hydrazone groups is 1. The number of hydrogen-bond donors (Lipinski definition) is 3. The molecule has 0 aliphatic heterocycles. The van der Waals surface area contributed by atoms with Gasteiger partial charge in [0.15, 0.2) is 0 Å². The minimum Gasteiger partial charge on any atom is -0.507 e. The van der Waals surface area contributed by atoms with Crippen molar-refractivity contribution in [2.45, 2.75) is 13.8 Å². The van der Waals surface area contributed by atoms with E-state index in [1.807, 2.05) is 37.3 Å². The van der Waals surface area contributed by atoms with Crippen molar-refractivity contribution in [3.8, 4) is 5.75 Å². The highest BCUT2D eigenvalue weighted by Gasteiger charge is 2.11. The molecule has 0 atom stereocenters. The van der Waals surface area contributed by atoms with Crippen LogP contribution in [0.3, 0.4) is 0 Å². The molecule has 116 valence electrons. The molecule has 1 amide bonds. The lowest BCUT2D eigenvalue weighted by molar-refractivity contribution is 0.0952. The molecule has 2 aromatic carbocycles. The average Bonchev–Trinajstić information content (AvgIpc) is 2.98. The van der Waals surface area contributed by atoms with Crippen LogP contribution in [0.2, 0.25) is 0 Å². The van der Waals surface area contributed by atoms with Crippen LogP contribution >= 0.6 is 0 Å². The smallest absolute Gasteiger partial charge is 0.275 e. The number of benzene rings is 2. The molecular formula is C18H17N3O2. The van der Waals surface area contributed by atoms with E-state index in [0.29, 0.717) is 5.71 Å². The summed E-state index contributed by atoms with van der Waals surface area (Å²) in [5.74, 6) is -0.506. The van der Waals surface area contributed by atoms with Gasteiger partial charge in [-0.1, -0.05) is 29.8 Å². The lowest BCUT2D eigenvalue weighted by atomic mass is 10.1. The number of aromatic hydroxyl groups is 1. The van der Waals surface area contributed by atoms with Crippen molar-refractivity contribution in [3.63, 3.8) is 0 Å². The number of phenols is 1. The number of fused-ring (bicyclic) bond motifs is 1. The zero-order valence-corrected chi connectivity index (χ0v) is 12.9. The molecule has 0 unspecified atom stereocenters. The third-order valence-electron chi connectivity index (χ3n) is 3.64. The molecule has 0 aliphatic rings. The molecule has 23 heavy (non-hydrogen) atoms. The Hall–Kier alpha value is -3.08. The van der Waals surface area contributed by atoms with Gasteiger partial charge >= 0.3 is 0 Å². The quantitative estimate of drug-likeness (QED) is 0.512. The Labute approximate surface area is 133 Å². The first-order valence-corrected chi connectivity index (χ1v) is 7.27. The van der Waals surface area contributed by atoms with Gasteiger partial charge in [-0.25, -0.2) is 5.43 Å². The molecule has 0 fully saturated rings. The minimum absolute atomic E-state index is 0.0634. The van der Waals surface area contributed by atoms with E-state index in [9.17, 15) is 9.90 Å². The zero-order chi connectivity index (χ0) is 16.4. The molecule has 1 aromatic heterocycles. The molecule has 0 saturated heterocycles. The molecular weight excluding hydrogens is 290 g/mol. The highest BCUT2D eigenvalue weighted by Crippen LogP contribution is 2.18. The molecule has 3 N–H and O–H groups in total. The molecule has 5 nitrogen and oxygen atoms in total. The largest absolute Gasteiger partial charge is 0.507 e. The van der Waals surface area contributed by atoms with E-state index in [4.69, 9.17) is 0 Å². The number of H-pyrrole nitrogens is 1. The second-order valence-corrected chi connectivity index (χ2v) is 5.43. The van der Waals surface area contributed by atoms with E-state index < -0.39 is 5.91 Å². The van der Waals surface area contributed by atoms with Crippen LogP contribution in [-0.2, 0) is 0 Å². The number of hydrogen-bond acceptors (Lipinski definition) is 3. The summed E-state index contributed by atoms with van der Waals surface area (Å²) in [5.41, 5.74) is 6.08. The molecule has 0 aliphatic carbocycles. The van der Waals surface area contributed by atoms with Gasteiger partial charge in [0.2, 0.25) is 0 Å². The Morgan fingerprint density at radius 2 is 1.96 bits per heavy atom. The lowest BCUT2D eigenvalue weighted by Crippen LogP contribution is -2.19. The van der Waals surface area contributed by atoms with Gasteiger partial charge in [-0.05, 0) is 38.1 Å². The molecule has 0 spiro atoms. The number of nitrogens with zero attached hydrogens (tertiary/aromatic N) is 1. The summed E-state index contributed by atoms with van der Waals surface area (Å²) < 4.78 is 0. The molecule has 3 aromatic rings. The van der Waals surface area contributed by atoms with Crippen molar-refractivity contribution in [1.29, 1.82) is 0 Å². The van der Waals surface area contributed by atoms with Gasteiger partial charge < -0.3 is 10.1 Å². The Morgan fingerprint density at radius 1 is 1.17 bits per heavy atom. The fourth-order valence-corrected chi connectivity index (χ4v) is 2.36. The van der Waals surface area contributed by atoms with E-state index in [-0.39, 0.29) is 11.3 Å². The predicted molar refractivity (Wildman–Crippen MR) is 90.8 cm³/mol. The van der Waals surface area contributed by atoms with Crippen LogP contribution < -0.4 is 5.43 Å². The average molecular weight is 307 g/mol. The Balaban J connectivity index is 1.81. The van der Waals surface area contributed by atoms with E-state index in [1.54, 1.807) is 19.1 Å². The maximum Gasteiger partial charge on any atom is 0.275 e. The summed E-state index contributed by atoms with van der Waals surface area (Å²) in [6.07, 6.45) is 0. The predicted octanol–water partition coefficient (Wildman–Crippen LogP) is 3.34. The molecule has 1 heterocycles. The van der Waals surface area contributed by atoms with Crippen molar-refractivity contribution in [3.05, 3.63) is 65.4 Å². The first-order chi connectivity index (χ1) is 11.0. The third kappa shape index (κ3) is 3.08. The van der Waals surface area contributed by atoms with E-state index in [1.165, 1.54) is 6.07 Å². The number of nitrogens with one attached hydrogen (secondary N) is 2. The number of rotatable bonds is 3. The second-order valence-electron chi connectivity index (χ2n) is 5.43. The molecule has 0 bridgehead atoms. The fourth-order valence-electron chi connectivity index (χ4n) is 2.36. The minimum atomic E-state index is -0.443. The highest BCUT2D eigenvalue weighted by atomic mass is 16.3. The van der Waals surface area contributed by atoms with Gasteiger partial charge in [-0.3, -0.25) is 4.79 Å². The number of aryl methyl sites for hydroxylation is 1. The van der Waals surface area contributed by atoms with Crippen molar-refractivity contribution in [1.82, 2.24) is 10.4 Å². The van der Waals surface area contributed by atoms with E-state index >= 15 is 0 Å². The standard InChI is InChI=1S/C18H17N3O2/c1-11-7-8-17(22)14(9-11)18(23)21-20-12(2)16-10-13-5-3-4-6-15(13)19-16/h3-10,19,22H,1-2H3,(H,21,23). The van der Waals surface area contributed by atoms with Crippen molar-refractivity contribution in [2.75, 3.05) is 0 Å². The molecule has 0 radical (unpaired) electrons. The summed E-state index contributed by atoms with van der Waals surface area (Å²) in [6.45, 7) is 3.66. The maximum atomic E-state index is 12.1. The first-order valence-electron chi connectivity index (χ1n) is 7.27. The van der Waals surface area contributed by atoms with Gasteiger partial charge in [0.1, 0.15) is 5.75 Å². The van der Waals surface area contributed by atoms with Gasteiger partial charge in [-0.2, -0.15) is 5.10 Å². The fraction of sp³-hybridized carbons (Fsp3) is 0.111. The van der Waals surface area contributed by atoms with Crippen LogP contribution in [0.25, 0.3) is 10.9 Å². The van der Waals surface area contributed by atoms with Crippen molar-refractivity contribution < 1.29 is 9.90 Å². The topological polar surface area (TPSA) is 77.5 Å². The Kier molecular flexibility index (Phi) is 3.85. The highest BCUT2D eigenvalue weighted by molar-refractivity contribution is 6.03. The molecule has 0 saturated carbocycles. The van der Waals surface area contributed by atoms with Crippen LogP contribution in [0.15, 0.2) is 53.6 Å². The zero-order valence-electron chi connectivity index (χ0n) is 12.9. The maximum absolute atomic E-state index is 12.1. The summed E-state index contributed by atoms with van der Waals surface area (Å²) >= 11 is 0. The van der Waals surface area contributed by atoms with E-state index in [0.717, 1.165) is 22.2 Å². The molecule has 5 heteroatoms. The summed E-state index contributed by atoms with van der Waals surface area (Å²) in [4.78, 5) is 15.4. The number of carbonyl (C=O) groups excluding carboxylic acids is 1.